The molecule has 184 valence electrons. The molecule has 0 unspecified atom stereocenters. The molecular formula is C30H37N3O2. The third-order valence-electron chi connectivity index (χ3n) is 7.88. The van der Waals surface area contributed by atoms with Gasteiger partial charge in [0, 0.05) is 35.8 Å². The van der Waals surface area contributed by atoms with Gasteiger partial charge in [-0.25, -0.2) is 0 Å². The molecule has 0 atom stereocenters. The Balaban J connectivity index is 1.03. The number of ether oxygens (including phenoxy) is 1. The standard InChI is InChI=1S/C30H37N3O2/c1-35-26-6-4-5-22(19-26)11-14-30(34)32-25-12-9-23(10-13-25)21-33-17-15-24(16-18-33)28-20-31-29-8-3-2-7-27(28)29/h2-8,11,14,19-20,23-25,31H,9-10,12-13,15-18,21H2,1H3,(H,32,34)/b14-11+. The molecule has 2 heterocycles. The molecule has 1 aromatic heterocycles. The number of benzene rings is 2. The molecule has 5 rings (SSSR count). The molecule has 0 bridgehead atoms. The maximum atomic E-state index is 12.4. The van der Waals surface area contributed by atoms with Crippen LogP contribution in [-0.2, 0) is 4.79 Å². The molecule has 2 fully saturated rings. The van der Waals surface area contributed by atoms with E-state index in [-0.39, 0.29) is 5.91 Å². The van der Waals surface area contributed by atoms with Crippen molar-refractivity contribution in [3.05, 3.63) is 71.9 Å². The van der Waals surface area contributed by atoms with E-state index < -0.39 is 0 Å². The Bertz CT molecular complexity index is 1150. The first-order valence-electron chi connectivity index (χ1n) is 13.1. The topological polar surface area (TPSA) is 57.4 Å². The number of piperidine rings is 1. The van der Waals surface area contributed by atoms with Crippen LogP contribution in [0.15, 0.2) is 60.8 Å². The Hall–Kier alpha value is -3.05. The van der Waals surface area contributed by atoms with E-state index >= 15 is 0 Å². The monoisotopic (exact) mass is 471 g/mol. The largest absolute Gasteiger partial charge is 0.497 e. The summed E-state index contributed by atoms with van der Waals surface area (Å²) < 4.78 is 5.25. The van der Waals surface area contributed by atoms with Crippen LogP contribution < -0.4 is 10.1 Å². The number of H-pyrrole nitrogens is 1. The zero-order valence-corrected chi connectivity index (χ0v) is 20.7. The molecule has 1 saturated heterocycles. The zero-order valence-electron chi connectivity index (χ0n) is 20.7. The summed E-state index contributed by atoms with van der Waals surface area (Å²) in [6.07, 6.45) is 12.8. The number of nitrogens with zero attached hydrogens (tertiary/aromatic N) is 1. The van der Waals surface area contributed by atoms with Gasteiger partial charge in [0.1, 0.15) is 5.75 Å². The molecule has 0 radical (unpaired) electrons. The summed E-state index contributed by atoms with van der Waals surface area (Å²) in [6.45, 7) is 3.59. The number of hydrogen-bond acceptors (Lipinski definition) is 3. The number of methoxy groups -OCH3 is 1. The molecule has 0 spiro atoms. The first kappa shape index (κ1) is 23.7. The summed E-state index contributed by atoms with van der Waals surface area (Å²) in [5, 5.41) is 4.60. The lowest BCUT2D eigenvalue weighted by atomic mass is 9.84. The summed E-state index contributed by atoms with van der Waals surface area (Å²) in [6, 6.07) is 16.7. The van der Waals surface area contributed by atoms with Crippen LogP contribution in [0.3, 0.4) is 0 Å². The molecule has 1 aliphatic carbocycles. The molecule has 5 heteroatoms. The van der Waals surface area contributed by atoms with Gasteiger partial charge in [-0.05, 0) is 98.9 Å². The summed E-state index contributed by atoms with van der Waals surface area (Å²) in [5.41, 5.74) is 3.72. The van der Waals surface area contributed by atoms with Gasteiger partial charge in [0.05, 0.1) is 7.11 Å². The predicted molar refractivity (Wildman–Crippen MR) is 143 cm³/mol. The minimum Gasteiger partial charge on any atom is -0.497 e. The van der Waals surface area contributed by atoms with Crippen LogP contribution in [0.1, 0.15) is 55.6 Å². The van der Waals surface area contributed by atoms with Gasteiger partial charge in [-0.3, -0.25) is 4.79 Å². The average molecular weight is 472 g/mol. The number of nitrogens with one attached hydrogen (secondary N) is 2. The summed E-state index contributed by atoms with van der Waals surface area (Å²) >= 11 is 0. The predicted octanol–water partition coefficient (Wildman–Crippen LogP) is 5.74. The smallest absolute Gasteiger partial charge is 0.244 e. The van der Waals surface area contributed by atoms with Crippen molar-refractivity contribution in [3.8, 4) is 5.75 Å². The molecular weight excluding hydrogens is 434 g/mol. The second-order valence-electron chi connectivity index (χ2n) is 10.2. The second-order valence-corrected chi connectivity index (χ2v) is 10.2. The van der Waals surface area contributed by atoms with Gasteiger partial charge in [0.15, 0.2) is 0 Å². The Morgan fingerprint density at radius 2 is 1.86 bits per heavy atom. The number of hydrogen-bond donors (Lipinski definition) is 2. The average Bonchev–Trinajstić information content (AvgIpc) is 3.33. The number of fused-ring (bicyclic) bond motifs is 1. The summed E-state index contributed by atoms with van der Waals surface area (Å²) in [5.74, 6) is 2.21. The fourth-order valence-electron chi connectivity index (χ4n) is 5.88. The Kier molecular flexibility index (Phi) is 7.53. The first-order chi connectivity index (χ1) is 17.2. The van der Waals surface area contributed by atoms with Gasteiger partial charge in [0.25, 0.3) is 0 Å². The highest BCUT2D eigenvalue weighted by molar-refractivity contribution is 5.92. The zero-order chi connectivity index (χ0) is 24.0. The molecule has 1 aliphatic heterocycles. The van der Waals surface area contributed by atoms with E-state index in [1.54, 1.807) is 13.2 Å². The van der Waals surface area contributed by atoms with Gasteiger partial charge in [-0.15, -0.1) is 0 Å². The lowest BCUT2D eigenvalue weighted by molar-refractivity contribution is -0.117. The van der Waals surface area contributed by atoms with E-state index in [0.29, 0.717) is 12.0 Å². The third-order valence-corrected chi connectivity index (χ3v) is 7.88. The molecule has 2 N–H and O–H groups in total. The van der Waals surface area contributed by atoms with Gasteiger partial charge in [-0.2, -0.15) is 0 Å². The van der Waals surface area contributed by atoms with Crippen molar-refractivity contribution in [3.63, 3.8) is 0 Å². The van der Waals surface area contributed by atoms with Crippen LogP contribution >= 0.6 is 0 Å². The van der Waals surface area contributed by atoms with E-state index in [2.05, 4.69) is 45.7 Å². The van der Waals surface area contributed by atoms with Crippen LogP contribution in [0.2, 0.25) is 0 Å². The lowest BCUT2D eigenvalue weighted by Crippen LogP contribution is -2.41. The van der Waals surface area contributed by atoms with E-state index in [4.69, 9.17) is 4.74 Å². The number of rotatable bonds is 7. The number of likely N-dealkylation sites (tertiary alicyclic amines) is 1. The van der Waals surface area contributed by atoms with Crippen molar-refractivity contribution < 1.29 is 9.53 Å². The van der Waals surface area contributed by atoms with Crippen LogP contribution in [-0.4, -0.2) is 48.6 Å². The van der Waals surface area contributed by atoms with Crippen LogP contribution in [0.4, 0.5) is 0 Å². The fourth-order valence-corrected chi connectivity index (χ4v) is 5.88. The SMILES string of the molecule is COc1cccc(/C=C/C(=O)NC2CCC(CN3CCC(c4c[nH]c5ccccc45)CC3)CC2)c1. The van der Waals surface area contributed by atoms with Crippen molar-refractivity contribution in [2.24, 2.45) is 5.92 Å². The highest BCUT2D eigenvalue weighted by atomic mass is 16.5. The summed E-state index contributed by atoms with van der Waals surface area (Å²) in [7, 11) is 1.65. The minimum atomic E-state index is -0.00405. The van der Waals surface area contributed by atoms with Gasteiger partial charge in [-0.1, -0.05) is 30.3 Å². The van der Waals surface area contributed by atoms with E-state index in [1.807, 2.05) is 30.3 Å². The fraction of sp³-hybridized carbons (Fsp3) is 0.433. The van der Waals surface area contributed by atoms with E-state index in [9.17, 15) is 4.79 Å². The van der Waals surface area contributed by atoms with Crippen molar-refractivity contribution in [1.29, 1.82) is 0 Å². The molecule has 3 aromatic rings. The highest BCUT2D eigenvalue weighted by Gasteiger charge is 2.27. The van der Waals surface area contributed by atoms with E-state index in [1.165, 1.54) is 61.8 Å². The Labute approximate surface area is 208 Å². The van der Waals surface area contributed by atoms with Crippen LogP contribution in [0, 0.1) is 5.92 Å². The number of aromatic amines is 1. The van der Waals surface area contributed by atoms with Gasteiger partial charge >= 0.3 is 0 Å². The highest BCUT2D eigenvalue weighted by Crippen LogP contribution is 2.34. The van der Waals surface area contributed by atoms with Gasteiger partial charge in [0.2, 0.25) is 5.91 Å². The van der Waals surface area contributed by atoms with Crippen molar-refractivity contribution >= 4 is 22.9 Å². The molecule has 2 aromatic carbocycles. The number of carbonyl (C=O) groups is 1. The number of amides is 1. The van der Waals surface area contributed by atoms with Crippen LogP contribution in [0.25, 0.3) is 17.0 Å². The second kappa shape index (κ2) is 11.1. The number of aromatic nitrogens is 1. The minimum absolute atomic E-state index is 0.00405. The first-order valence-corrected chi connectivity index (χ1v) is 13.1. The van der Waals surface area contributed by atoms with Gasteiger partial charge < -0.3 is 19.9 Å². The molecule has 1 saturated carbocycles. The molecule has 1 amide bonds. The third kappa shape index (κ3) is 5.96. The maximum absolute atomic E-state index is 12.4. The molecule has 35 heavy (non-hydrogen) atoms. The lowest BCUT2D eigenvalue weighted by Gasteiger charge is -2.36. The normalized spacial score (nSPS) is 22.0. The molecule has 5 nitrogen and oxygen atoms in total. The number of carbonyl (C=O) groups excluding carboxylic acids is 1. The Morgan fingerprint density at radius 1 is 1.06 bits per heavy atom. The maximum Gasteiger partial charge on any atom is 0.244 e. The summed E-state index contributed by atoms with van der Waals surface area (Å²) in [4.78, 5) is 18.5. The Morgan fingerprint density at radius 3 is 2.66 bits per heavy atom. The van der Waals surface area contributed by atoms with E-state index in [0.717, 1.165) is 30.1 Å². The van der Waals surface area contributed by atoms with Crippen LogP contribution in [0.5, 0.6) is 5.75 Å². The molecule has 2 aliphatic rings. The van der Waals surface area contributed by atoms with Crippen molar-refractivity contribution in [2.75, 3.05) is 26.7 Å². The number of para-hydroxylation sites is 1. The quantitative estimate of drug-likeness (QED) is 0.432. The van der Waals surface area contributed by atoms with Crippen molar-refractivity contribution in [2.45, 2.75) is 50.5 Å². The van der Waals surface area contributed by atoms with Crippen molar-refractivity contribution in [1.82, 2.24) is 15.2 Å².